The second-order valence-electron chi connectivity index (χ2n) is 6.87. The van der Waals surface area contributed by atoms with E-state index in [0.717, 1.165) is 19.7 Å². The Balaban J connectivity index is 1.69. The number of morpholine rings is 1. The Kier molecular flexibility index (Phi) is 4.65. The fourth-order valence-corrected chi connectivity index (χ4v) is 4.63. The lowest BCUT2D eigenvalue weighted by Gasteiger charge is -2.53. The molecule has 4 nitrogen and oxygen atoms in total. The Morgan fingerprint density at radius 3 is 2.70 bits per heavy atom. The lowest BCUT2D eigenvalue weighted by atomic mass is 9.83. The van der Waals surface area contributed by atoms with Crippen LogP contribution in [0.1, 0.15) is 45.4 Å². The molecule has 0 aromatic carbocycles. The third-order valence-corrected chi connectivity index (χ3v) is 5.80. The van der Waals surface area contributed by atoms with Gasteiger partial charge in [-0.25, -0.2) is 0 Å². The largest absolute Gasteiger partial charge is 0.375 e. The number of piperidine rings is 1. The van der Waals surface area contributed by atoms with Crippen molar-refractivity contribution in [2.45, 2.75) is 63.1 Å². The smallest absolute Gasteiger partial charge is 0.0731 e. The van der Waals surface area contributed by atoms with Crippen molar-refractivity contribution in [2.24, 2.45) is 5.73 Å². The molecule has 0 radical (unpaired) electrons. The van der Waals surface area contributed by atoms with Crippen molar-refractivity contribution in [1.29, 1.82) is 0 Å². The van der Waals surface area contributed by atoms with Gasteiger partial charge >= 0.3 is 0 Å². The molecule has 2 unspecified atom stereocenters. The molecule has 116 valence electrons. The van der Waals surface area contributed by atoms with Crippen LogP contribution in [0.25, 0.3) is 0 Å². The number of rotatable bonds is 4. The number of likely N-dealkylation sites (tertiary alicyclic amines) is 1. The van der Waals surface area contributed by atoms with Crippen LogP contribution in [0.4, 0.5) is 0 Å². The fraction of sp³-hybridized carbons (Fsp3) is 1.00. The number of nitrogens with two attached hydrogens (primary N) is 1. The van der Waals surface area contributed by atoms with Gasteiger partial charge in [0.15, 0.2) is 0 Å². The second-order valence-corrected chi connectivity index (χ2v) is 6.87. The van der Waals surface area contributed by atoms with E-state index >= 15 is 0 Å². The van der Waals surface area contributed by atoms with Gasteiger partial charge in [0.1, 0.15) is 0 Å². The second kappa shape index (κ2) is 6.30. The molecule has 0 amide bonds. The summed E-state index contributed by atoms with van der Waals surface area (Å²) >= 11 is 0. The molecule has 2 saturated heterocycles. The maximum absolute atomic E-state index is 6.27. The highest BCUT2D eigenvalue weighted by Crippen LogP contribution is 2.38. The van der Waals surface area contributed by atoms with E-state index in [9.17, 15) is 0 Å². The summed E-state index contributed by atoms with van der Waals surface area (Å²) in [5.74, 6) is 0. The van der Waals surface area contributed by atoms with E-state index in [-0.39, 0.29) is 5.54 Å². The summed E-state index contributed by atoms with van der Waals surface area (Å²) in [5.41, 5.74) is 6.52. The van der Waals surface area contributed by atoms with Gasteiger partial charge in [0.05, 0.1) is 12.7 Å². The Labute approximate surface area is 123 Å². The first-order valence-electron chi connectivity index (χ1n) is 8.60. The van der Waals surface area contributed by atoms with E-state index in [0.29, 0.717) is 12.1 Å². The van der Waals surface area contributed by atoms with Gasteiger partial charge in [-0.15, -0.1) is 0 Å². The number of hydrogen-bond acceptors (Lipinski definition) is 4. The van der Waals surface area contributed by atoms with Gasteiger partial charge < -0.3 is 15.4 Å². The van der Waals surface area contributed by atoms with Gasteiger partial charge in [0, 0.05) is 24.7 Å². The van der Waals surface area contributed by atoms with E-state index < -0.39 is 0 Å². The Morgan fingerprint density at radius 2 is 2.00 bits per heavy atom. The van der Waals surface area contributed by atoms with Gasteiger partial charge in [-0.2, -0.15) is 0 Å². The maximum atomic E-state index is 6.27. The van der Waals surface area contributed by atoms with Crippen LogP contribution in [-0.2, 0) is 4.74 Å². The minimum absolute atomic E-state index is 0.251. The van der Waals surface area contributed by atoms with E-state index in [1.807, 2.05) is 0 Å². The average molecular weight is 281 g/mol. The molecule has 3 aliphatic rings. The molecule has 2 N–H and O–H groups in total. The minimum atomic E-state index is 0.251. The van der Waals surface area contributed by atoms with Crippen molar-refractivity contribution in [2.75, 3.05) is 39.3 Å². The molecule has 2 atom stereocenters. The van der Waals surface area contributed by atoms with Crippen LogP contribution in [0.2, 0.25) is 0 Å². The molecule has 2 heterocycles. The highest BCUT2D eigenvalue weighted by molar-refractivity contribution is 5.03. The van der Waals surface area contributed by atoms with E-state index in [1.54, 1.807) is 0 Å². The van der Waals surface area contributed by atoms with Gasteiger partial charge in [-0.05, 0) is 58.2 Å². The molecule has 3 rings (SSSR count). The van der Waals surface area contributed by atoms with E-state index in [2.05, 4.69) is 16.7 Å². The molecule has 1 saturated carbocycles. The number of hydrogen-bond donors (Lipinski definition) is 1. The molecular formula is C16H31N3O. The van der Waals surface area contributed by atoms with Crippen molar-refractivity contribution >= 4 is 0 Å². The Hall–Kier alpha value is -0.160. The summed E-state index contributed by atoms with van der Waals surface area (Å²) in [5, 5.41) is 0. The zero-order valence-electron chi connectivity index (χ0n) is 13.0. The highest BCUT2D eigenvalue weighted by atomic mass is 16.5. The quantitative estimate of drug-likeness (QED) is 0.847. The first-order chi connectivity index (χ1) is 9.79. The highest BCUT2D eigenvalue weighted by Gasteiger charge is 2.47. The van der Waals surface area contributed by atoms with Crippen LogP contribution in [-0.4, -0.2) is 66.8 Å². The normalized spacial score (nSPS) is 35.1. The molecule has 0 aromatic heterocycles. The first kappa shape index (κ1) is 14.8. The number of nitrogens with zero attached hydrogens (tertiary/aromatic N) is 2. The topological polar surface area (TPSA) is 41.7 Å². The number of ether oxygens (including phenoxy) is 1. The van der Waals surface area contributed by atoms with E-state index in [4.69, 9.17) is 10.5 Å². The van der Waals surface area contributed by atoms with E-state index in [1.165, 1.54) is 58.2 Å². The fourth-order valence-electron chi connectivity index (χ4n) is 4.63. The van der Waals surface area contributed by atoms with Gasteiger partial charge in [0.2, 0.25) is 0 Å². The molecule has 20 heavy (non-hydrogen) atoms. The predicted octanol–water partition coefficient (Wildman–Crippen LogP) is 1.44. The first-order valence-corrected chi connectivity index (χ1v) is 8.60. The lowest BCUT2D eigenvalue weighted by molar-refractivity contribution is -0.111. The molecule has 1 aliphatic carbocycles. The van der Waals surface area contributed by atoms with Crippen LogP contribution in [0, 0.1) is 0 Å². The zero-order chi connectivity index (χ0) is 14.0. The summed E-state index contributed by atoms with van der Waals surface area (Å²) < 4.78 is 5.98. The number of fused-ring (bicyclic) bond motifs is 1. The Bertz CT molecular complexity index is 315. The average Bonchev–Trinajstić information content (AvgIpc) is 2.97. The van der Waals surface area contributed by atoms with Crippen LogP contribution in [0.3, 0.4) is 0 Å². The van der Waals surface area contributed by atoms with Crippen molar-refractivity contribution in [1.82, 2.24) is 9.80 Å². The van der Waals surface area contributed by atoms with Crippen LogP contribution < -0.4 is 5.73 Å². The zero-order valence-corrected chi connectivity index (χ0v) is 13.0. The molecule has 0 aromatic rings. The van der Waals surface area contributed by atoms with Crippen molar-refractivity contribution in [3.63, 3.8) is 0 Å². The third kappa shape index (κ3) is 2.63. The molecule has 4 heteroatoms. The minimum Gasteiger partial charge on any atom is -0.375 e. The van der Waals surface area contributed by atoms with Gasteiger partial charge in [-0.1, -0.05) is 6.92 Å². The monoisotopic (exact) mass is 281 g/mol. The summed E-state index contributed by atoms with van der Waals surface area (Å²) in [6.45, 7) is 8.77. The predicted molar refractivity (Wildman–Crippen MR) is 81.8 cm³/mol. The van der Waals surface area contributed by atoms with Crippen LogP contribution in [0.5, 0.6) is 0 Å². The van der Waals surface area contributed by atoms with Gasteiger partial charge in [0.25, 0.3) is 0 Å². The molecule has 0 spiro atoms. The SMILES string of the molecule is CCCN1CCC(CN)(N2CCOC3CCCC32)CC1. The summed E-state index contributed by atoms with van der Waals surface area (Å²) in [6.07, 6.45) is 8.13. The molecule has 0 bridgehead atoms. The van der Waals surface area contributed by atoms with Crippen LogP contribution >= 0.6 is 0 Å². The summed E-state index contributed by atoms with van der Waals surface area (Å²) in [4.78, 5) is 5.37. The third-order valence-electron chi connectivity index (χ3n) is 5.80. The summed E-state index contributed by atoms with van der Waals surface area (Å²) in [6, 6.07) is 0.644. The molecular weight excluding hydrogens is 250 g/mol. The van der Waals surface area contributed by atoms with Crippen LogP contribution in [0.15, 0.2) is 0 Å². The van der Waals surface area contributed by atoms with Crippen molar-refractivity contribution < 1.29 is 4.74 Å². The van der Waals surface area contributed by atoms with Gasteiger partial charge in [-0.3, -0.25) is 4.90 Å². The lowest BCUT2D eigenvalue weighted by Crippen LogP contribution is -2.65. The van der Waals surface area contributed by atoms with Crippen molar-refractivity contribution in [3.8, 4) is 0 Å². The summed E-state index contributed by atoms with van der Waals surface area (Å²) in [7, 11) is 0. The standard InChI is InChI=1S/C16H31N3O/c1-2-8-18-9-6-16(13-17,7-10-18)19-11-12-20-15-5-3-4-14(15)19/h14-15H,2-13,17H2,1H3. The molecule has 3 fully saturated rings. The maximum Gasteiger partial charge on any atom is 0.0731 e. The Morgan fingerprint density at radius 1 is 1.20 bits per heavy atom. The molecule has 2 aliphatic heterocycles. The van der Waals surface area contributed by atoms with Crippen molar-refractivity contribution in [3.05, 3.63) is 0 Å².